The van der Waals surface area contributed by atoms with Crippen LogP contribution in [0, 0.1) is 0 Å². The molecule has 0 bridgehead atoms. The van der Waals surface area contributed by atoms with E-state index in [0.29, 0.717) is 19.3 Å². The third-order valence-electron chi connectivity index (χ3n) is 14.6. The number of hydrogen-bond donors (Lipinski definition) is 0. The van der Waals surface area contributed by atoms with Crippen molar-refractivity contribution in [1.29, 1.82) is 0 Å². The molecular weight excluding hydrogens is 1020 g/mol. The van der Waals surface area contributed by atoms with E-state index < -0.39 is 6.10 Å². The summed E-state index contributed by atoms with van der Waals surface area (Å²) < 4.78 is 17.0. The predicted octanol–water partition coefficient (Wildman–Crippen LogP) is 24.1. The molecule has 0 N–H and O–H groups in total. The number of carbonyl (C=O) groups is 3. The molecule has 0 aliphatic heterocycles. The van der Waals surface area contributed by atoms with Crippen LogP contribution in [0.5, 0.6) is 0 Å². The van der Waals surface area contributed by atoms with Gasteiger partial charge in [0.25, 0.3) is 0 Å². The first kappa shape index (κ1) is 78.5. The molecule has 0 spiro atoms. The van der Waals surface area contributed by atoms with Gasteiger partial charge in [0, 0.05) is 19.3 Å². The lowest BCUT2D eigenvalue weighted by Gasteiger charge is -2.18. The van der Waals surface area contributed by atoms with Crippen molar-refractivity contribution in [3.63, 3.8) is 0 Å². The lowest BCUT2D eigenvalue weighted by atomic mass is 10.1. The van der Waals surface area contributed by atoms with Crippen molar-refractivity contribution in [3.8, 4) is 0 Å². The lowest BCUT2D eigenvalue weighted by molar-refractivity contribution is -0.167. The van der Waals surface area contributed by atoms with E-state index in [2.05, 4.69) is 154 Å². The minimum absolute atomic E-state index is 0.0898. The number of rotatable bonds is 62. The van der Waals surface area contributed by atoms with Crippen LogP contribution in [-0.4, -0.2) is 37.2 Å². The smallest absolute Gasteiger partial charge is 0.306 e. The molecule has 0 aliphatic rings. The summed E-state index contributed by atoms with van der Waals surface area (Å²) in [4.78, 5) is 38.5. The van der Waals surface area contributed by atoms with Gasteiger partial charge in [0.2, 0.25) is 0 Å². The Morgan fingerprint density at radius 1 is 0.253 bits per heavy atom. The van der Waals surface area contributed by atoms with Gasteiger partial charge in [0.05, 0.1) is 0 Å². The Labute approximate surface area is 513 Å². The summed E-state index contributed by atoms with van der Waals surface area (Å²) in [5, 5.41) is 0. The molecule has 1 atom stereocenters. The maximum Gasteiger partial charge on any atom is 0.306 e. The third kappa shape index (κ3) is 68.2. The Morgan fingerprint density at radius 2 is 0.470 bits per heavy atom. The number of unbranched alkanes of at least 4 members (excludes halogenated alkanes) is 29. The van der Waals surface area contributed by atoms with Gasteiger partial charge in [-0.2, -0.15) is 0 Å². The molecule has 0 aromatic rings. The topological polar surface area (TPSA) is 78.9 Å². The molecule has 0 amide bonds. The first-order valence-electron chi connectivity index (χ1n) is 34.7. The quantitative estimate of drug-likeness (QED) is 0.0261. The fourth-order valence-electron chi connectivity index (χ4n) is 9.49. The number of allylic oxidation sites excluding steroid dienone is 22. The second-order valence-corrected chi connectivity index (χ2v) is 22.7. The fraction of sp³-hybridized carbons (Fsp3) is 0.675. The van der Waals surface area contributed by atoms with Gasteiger partial charge in [-0.15, -0.1) is 0 Å². The van der Waals surface area contributed by atoms with E-state index in [4.69, 9.17) is 14.2 Å². The zero-order chi connectivity index (χ0) is 59.9. The Kier molecular flexibility index (Phi) is 66.3. The van der Waals surface area contributed by atoms with E-state index in [-0.39, 0.29) is 31.1 Å². The van der Waals surface area contributed by atoms with Crippen LogP contribution < -0.4 is 0 Å². The van der Waals surface area contributed by atoms with E-state index in [1.807, 2.05) is 0 Å². The molecular formula is C77H128O6. The van der Waals surface area contributed by atoms with Crippen LogP contribution in [-0.2, 0) is 28.6 Å². The van der Waals surface area contributed by atoms with Gasteiger partial charge in [-0.3, -0.25) is 14.4 Å². The molecule has 0 saturated carbocycles. The van der Waals surface area contributed by atoms with Crippen molar-refractivity contribution in [1.82, 2.24) is 0 Å². The molecule has 0 fully saturated rings. The first-order valence-corrected chi connectivity index (χ1v) is 34.7. The number of hydrogen-bond acceptors (Lipinski definition) is 6. The van der Waals surface area contributed by atoms with Gasteiger partial charge >= 0.3 is 17.9 Å². The maximum absolute atomic E-state index is 13.0. The van der Waals surface area contributed by atoms with E-state index in [9.17, 15) is 14.4 Å². The second kappa shape index (κ2) is 70.0. The SMILES string of the molecule is CC/C=C\C/C=C\C/C=C\C/C=C\C/C=C\CCCCCCCCCC(=O)OCC(COC(=O)CCCCCCCCCCC/C=C\CCCCCCCC)OC(=O)CCCCCCCCC/C=C\C/C=C\C/C=C\C/C=C\C/C=C\CC. The normalized spacial score (nSPS) is 13.0. The zero-order valence-electron chi connectivity index (χ0n) is 54.2. The van der Waals surface area contributed by atoms with Crippen LogP contribution in [0.15, 0.2) is 134 Å². The monoisotopic (exact) mass is 1150 g/mol. The Balaban J connectivity index is 4.45. The van der Waals surface area contributed by atoms with Crippen LogP contribution in [0.4, 0.5) is 0 Å². The lowest BCUT2D eigenvalue weighted by Crippen LogP contribution is -2.30. The Bertz CT molecular complexity index is 1750. The van der Waals surface area contributed by atoms with Crippen molar-refractivity contribution in [2.45, 2.75) is 322 Å². The van der Waals surface area contributed by atoms with E-state index in [0.717, 1.165) is 135 Å². The van der Waals surface area contributed by atoms with Gasteiger partial charge < -0.3 is 14.2 Å². The molecule has 1 unspecified atom stereocenters. The summed E-state index contributed by atoms with van der Waals surface area (Å²) >= 11 is 0. The largest absolute Gasteiger partial charge is 0.462 e. The molecule has 83 heavy (non-hydrogen) atoms. The highest BCUT2D eigenvalue weighted by Gasteiger charge is 2.19. The van der Waals surface area contributed by atoms with Crippen LogP contribution in [0.3, 0.4) is 0 Å². The third-order valence-corrected chi connectivity index (χ3v) is 14.6. The van der Waals surface area contributed by atoms with Crippen molar-refractivity contribution in [2.24, 2.45) is 0 Å². The van der Waals surface area contributed by atoms with Gasteiger partial charge in [0.15, 0.2) is 6.10 Å². The molecule has 6 nitrogen and oxygen atoms in total. The molecule has 0 aliphatic carbocycles. The highest BCUT2D eigenvalue weighted by Crippen LogP contribution is 2.16. The van der Waals surface area contributed by atoms with E-state index in [1.165, 1.54) is 141 Å². The summed E-state index contributed by atoms with van der Waals surface area (Å²) in [5.74, 6) is -0.906. The van der Waals surface area contributed by atoms with Gasteiger partial charge in [-0.1, -0.05) is 296 Å². The average molecular weight is 1150 g/mol. The molecule has 0 saturated heterocycles. The van der Waals surface area contributed by atoms with Crippen molar-refractivity contribution in [3.05, 3.63) is 134 Å². The van der Waals surface area contributed by atoms with E-state index in [1.54, 1.807) is 0 Å². The average Bonchev–Trinajstić information content (AvgIpc) is 3.49. The summed E-state index contributed by atoms with van der Waals surface area (Å²) in [7, 11) is 0. The van der Waals surface area contributed by atoms with Crippen LogP contribution in [0.2, 0.25) is 0 Å². The minimum atomic E-state index is -0.797. The van der Waals surface area contributed by atoms with Gasteiger partial charge in [-0.25, -0.2) is 0 Å². The van der Waals surface area contributed by atoms with Crippen molar-refractivity contribution in [2.75, 3.05) is 13.2 Å². The van der Waals surface area contributed by atoms with Gasteiger partial charge in [0.1, 0.15) is 13.2 Å². The fourth-order valence-corrected chi connectivity index (χ4v) is 9.49. The van der Waals surface area contributed by atoms with Crippen LogP contribution in [0.1, 0.15) is 316 Å². The zero-order valence-corrected chi connectivity index (χ0v) is 54.2. The highest BCUT2D eigenvalue weighted by molar-refractivity contribution is 5.71. The Hall–Kier alpha value is -4.45. The molecule has 0 heterocycles. The minimum Gasteiger partial charge on any atom is -0.462 e. The molecule has 472 valence electrons. The Morgan fingerprint density at radius 3 is 0.747 bits per heavy atom. The maximum atomic E-state index is 13.0. The summed E-state index contributed by atoms with van der Waals surface area (Å²) in [6.07, 6.45) is 98.8. The summed E-state index contributed by atoms with van der Waals surface area (Å²) in [5.41, 5.74) is 0. The predicted molar refractivity (Wildman–Crippen MR) is 362 cm³/mol. The molecule has 6 heteroatoms. The standard InChI is InChI=1S/C77H128O6/c1-4-7-10-13-16-19-22-25-28-31-34-36-38-40-43-46-49-52-55-58-61-64-67-70-76(79)82-73-74(72-81-75(78)69-66-63-60-57-54-51-48-45-42-33-30-27-24-21-18-15-12-9-6-3)83-77(80)71-68-65-62-59-56-53-50-47-44-41-39-37-35-32-29-26-23-20-17-14-11-8-5-2/h7-8,10-11,16-17,19-20,25-30,34-37,40-41,43-44,74H,4-6,9,12-15,18,21-24,31-33,38-39,42,45-73H2,1-3H3/b10-7-,11-8-,19-16-,20-17-,28-25-,29-26-,30-27-,36-34-,37-35-,43-40-,44-41-. The van der Waals surface area contributed by atoms with E-state index >= 15 is 0 Å². The highest BCUT2D eigenvalue weighted by atomic mass is 16.6. The van der Waals surface area contributed by atoms with Crippen LogP contribution in [0.25, 0.3) is 0 Å². The number of carbonyl (C=O) groups excluding carboxylic acids is 3. The first-order chi connectivity index (χ1) is 41.0. The van der Waals surface area contributed by atoms with Crippen molar-refractivity contribution < 1.29 is 28.6 Å². The molecule has 0 radical (unpaired) electrons. The molecule has 0 aromatic carbocycles. The molecule has 0 rings (SSSR count). The van der Waals surface area contributed by atoms with Crippen molar-refractivity contribution >= 4 is 17.9 Å². The molecule has 0 aromatic heterocycles. The summed E-state index contributed by atoms with van der Waals surface area (Å²) in [6.45, 7) is 6.42. The number of ether oxygens (including phenoxy) is 3. The summed E-state index contributed by atoms with van der Waals surface area (Å²) in [6, 6.07) is 0. The van der Waals surface area contributed by atoms with Crippen LogP contribution >= 0.6 is 0 Å². The van der Waals surface area contributed by atoms with Gasteiger partial charge in [-0.05, 0) is 135 Å². The number of esters is 3. The second-order valence-electron chi connectivity index (χ2n) is 22.7.